The van der Waals surface area contributed by atoms with Gasteiger partial charge in [0.1, 0.15) is 11.4 Å². The summed E-state index contributed by atoms with van der Waals surface area (Å²) in [6, 6.07) is 6.63. The molecule has 0 unspecified atom stereocenters. The highest BCUT2D eigenvalue weighted by Crippen LogP contribution is 2.11. The summed E-state index contributed by atoms with van der Waals surface area (Å²) in [4.78, 5) is 18.0. The third-order valence-electron chi connectivity index (χ3n) is 2.58. The van der Waals surface area contributed by atoms with Gasteiger partial charge in [0, 0.05) is 0 Å². The molecule has 0 saturated carbocycles. The van der Waals surface area contributed by atoms with Crippen LogP contribution in [0.2, 0.25) is 0 Å². The number of carbonyl (C=O) groups excluding carboxylic acids is 1. The Morgan fingerprint density at radius 2 is 1.89 bits per heavy atom. The molecule has 0 bridgehead atoms. The fourth-order valence-corrected chi connectivity index (χ4v) is 1.33. The zero-order valence-corrected chi connectivity index (χ0v) is 10.4. The summed E-state index contributed by atoms with van der Waals surface area (Å²) in [6.07, 6.45) is 0. The van der Waals surface area contributed by atoms with Gasteiger partial charge in [-0.2, -0.15) is 0 Å². The van der Waals surface area contributed by atoms with Gasteiger partial charge in [-0.25, -0.2) is 4.79 Å². The van der Waals surface area contributed by atoms with E-state index in [-0.39, 0.29) is 0 Å². The van der Waals surface area contributed by atoms with Crippen molar-refractivity contribution >= 4 is 5.97 Å². The summed E-state index contributed by atoms with van der Waals surface area (Å²) in [7, 11) is 1.56. The molecular formula is C12H13N3O3. The Hall–Kier alpha value is -2.37. The molecule has 1 aromatic carbocycles. The normalized spacial score (nSPS) is 10.2. The Morgan fingerprint density at radius 1 is 1.22 bits per heavy atom. The van der Waals surface area contributed by atoms with Gasteiger partial charge in [-0.15, -0.1) is 5.10 Å². The van der Waals surface area contributed by atoms with Gasteiger partial charge in [-0.05, 0) is 43.3 Å². The summed E-state index contributed by atoms with van der Waals surface area (Å²) in [5.41, 5.74) is 1.83. The first-order valence-corrected chi connectivity index (χ1v) is 5.37. The number of ether oxygens (including phenoxy) is 1. The smallest absolute Gasteiger partial charge is 0.365 e. The molecule has 1 heterocycles. The lowest BCUT2D eigenvalue weighted by Crippen LogP contribution is -2.22. The SMILES string of the molecule is COc1ccc(C(=O)On2nnc(C)c2C)cc1. The van der Waals surface area contributed by atoms with Crippen molar-refractivity contribution in [3.63, 3.8) is 0 Å². The van der Waals surface area contributed by atoms with Crippen molar-refractivity contribution in [3.05, 3.63) is 41.2 Å². The van der Waals surface area contributed by atoms with Crippen molar-refractivity contribution in [2.75, 3.05) is 7.11 Å². The van der Waals surface area contributed by atoms with E-state index >= 15 is 0 Å². The van der Waals surface area contributed by atoms with Crippen molar-refractivity contribution in [2.45, 2.75) is 13.8 Å². The van der Waals surface area contributed by atoms with Crippen LogP contribution in [-0.4, -0.2) is 28.2 Å². The molecule has 94 valence electrons. The van der Waals surface area contributed by atoms with Crippen molar-refractivity contribution in [1.82, 2.24) is 15.2 Å². The number of hydrogen-bond donors (Lipinski definition) is 0. The number of hydrogen-bond acceptors (Lipinski definition) is 5. The molecule has 0 atom stereocenters. The van der Waals surface area contributed by atoms with Crippen LogP contribution in [0.15, 0.2) is 24.3 Å². The molecule has 0 amide bonds. The monoisotopic (exact) mass is 247 g/mol. The minimum Gasteiger partial charge on any atom is -0.497 e. The zero-order valence-electron chi connectivity index (χ0n) is 10.4. The van der Waals surface area contributed by atoms with Gasteiger partial charge in [0.05, 0.1) is 18.4 Å². The van der Waals surface area contributed by atoms with Gasteiger partial charge in [0.2, 0.25) is 0 Å². The lowest BCUT2D eigenvalue weighted by molar-refractivity contribution is 0.0371. The van der Waals surface area contributed by atoms with Crippen LogP contribution < -0.4 is 9.57 Å². The number of benzene rings is 1. The minimum absolute atomic E-state index is 0.420. The van der Waals surface area contributed by atoms with Crippen LogP contribution in [-0.2, 0) is 0 Å². The van der Waals surface area contributed by atoms with E-state index in [1.807, 2.05) is 0 Å². The third-order valence-corrected chi connectivity index (χ3v) is 2.58. The Labute approximate surface area is 104 Å². The van der Waals surface area contributed by atoms with E-state index in [0.717, 1.165) is 10.5 Å². The first-order valence-electron chi connectivity index (χ1n) is 5.37. The van der Waals surface area contributed by atoms with E-state index in [9.17, 15) is 4.79 Å². The van der Waals surface area contributed by atoms with Crippen LogP contribution in [0.5, 0.6) is 5.75 Å². The van der Waals surface area contributed by atoms with Crippen LogP contribution in [0.1, 0.15) is 21.7 Å². The number of aromatic nitrogens is 3. The Morgan fingerprint density at radius 3 is 2.39 bits per heavy atom. The fraction of sp³-hybridized carbons (Fsp3) is 0.250. The summed E-state index contributed by atoms with van der Waals surface area (Å²) in [5.74, 6) is 0.185. The third kappa shape index (κ3) is 2.32. The van der Waals surface area contributed by atoms with Crippen LogP contribution in [0, 0.1) is 13.8 Å². The molecule has 0 saturated heterocycles. The fourth-order valence-electron chi connectivity index (χ4n) is 1.33. The van der Waals surface area contributed by atoms with Gasteiger partial charge in [0.15, 0.2) is 0 Å². The molecule has 18 heavy (non-hydrogen) atoms. The largest absolute Gasteiger partial charge is 0.497 e. The predicted octanol–water partition coefficient (Wildman–Crippen LogP) is 1.17. The molecule has 0 radical (unpaired) electrons. The average molecular weight is 247 g/mol. The van der Waals surface area contributed by atoms with E-state index in [0.29, 0.717) is 17.0 Å². The number of rotatable bonds is 3. The van der Waals surface area contributed by atoms with E-state index in [1.165, 1.54) is 0 Å². The van der Waals surface area contributed by atoms with Crippen molar-refractivity contribution in [1.29, 1.82) is 0 Å². The molecule has 6 heteroatoms. The van der Waals surface area contributed by atoms with Gasteiger partial charge < -0.3 is 9.57 Å². The Kier molecular flexibility index (Phi) is 3.27. The van der Waals surface area contributed by atoms with Crippen LogP contribution >= 0.6 is 0 Å². The van der Waals surface area contributed by atoms with Gasteiger partial charge in [-0.3, -0.25) is 0 Å². The maximum absolute atomic E-state index is 11.8. The van der Waals surface area contributed by atoms with Crippen molar-refractivity contribution in [2.24, 2.45) is 0 Å². The second-order valence-electron chi connectivity index (χ2n) is 3.74. The molecule has 6 nitrogen and oxygen atoms in total. The highest BCUT2D eigenvalue weighted by Gasteiger charge is 2.12. The second-order valence-corrected chi connectivity index (χ2v) is 3.74. The lowest BCUT2D eigenvalue weighted by Gasteiger charge is -2.04. The standard InChI is InChI=1S/C12H13N3O3/c1-8-9(2)15(14-13-8)18-12(16)10-4-6-11(17-3)7-5-10/h4-7H,1-3H3. The predicted molar refractivity (Wildman–Crippen MR) is 63.4 cm³/mol. The zero-order chi connectivity index (χ0) is 13.1. The first kappa shape index (κ1) is 12.1. The second kappa shape index (κ2) is 4.87. The molecule has 2 rings (SSSR count). The molecule has 0 aliphatic carbocycles. The first-order chi connectivity index (χ1) is 8.61. The van der Waals surface area contributed by atoms with E-state index in [1.54, 1.807) is 45.2 Å². The summed E-state index contributed by atoms with van der Waals surface area (Å²) < 4.78 is 5.01. The lowest BCUT2D eigenvalue weighted by atomic mass is 10.2. The summed E-state index contributed by atoms with van der Waals surface area (Å²) in [5, 5.41) is 7.52. The molecule has 0 N–H and O–H groups in total. The van der Waals surface area contributed by atoms with Gasteiger partial charge >= 0.3 is 5.97 Å². The maximum atomic E-state index is 11.8. The van der Waals surface area contributed by atoms with E-state index in [4.69, 9.17) is 9.57 Å². The van der Waals surface area contributed by atoms with E-state index in [2.05, 4.69) is 10.3 Å². The molecule has 0 fully saturated rings. The number of nitrogens with zero attached hydrogens (tertiary/aromatic N) is 3. The topological polar surface area (TPSA) is 66.2 Å². The molecule has 0 spiro atoms. The van der Waals surface area contributed by atoms with Crippen LogP contribution in [0.4, 0.5) is 0 Å². The Balaban J connectivity index is 2.14. The quantitative estimate of drug-likeness (QED) is 0.762. The number of carbonyl (C=O) groups is 1. The number of methoxy groups -OCH3 is 1. The highest BCUT2D eigenvalue weighted by atomic mass is 16.7. The Bertz CT molecular complexity index is 560. The van der Waals surface area contributed by atoms with Crippen LogP contribution in [0.3, 0.4) is 0 Å². The molecule has 2 aromatic rings. The highest BCUT2D eigenvalue weighted by molar-refractivity contribution is 5.89. The van der Waals surface area contributed by atoms with Gasteiger partial charge in [-0.1, -0.05) is 4.85 Å². The summed E-state index contributed by atoms with van der Waals surface area (Å²) >= 11 is 0. The molecular weight excluding hydrogens is 234 g/mol. The van der Waals surface area contributed by atoms with Crippen molar-refractivity contribution < 1.29 is 14.4 Å². The average Bonchev–Trinajstić information content (AvgIpc) is 2.71. The molecule has 0 aliphatic heterocycles. The maximum Gasteiger partial charge on any atom is 0.365 e. The number of aryl methyl sites for hydroxylation is 1. The van der Waals surface area contributed by atoms with Crippen molar-refractivity contribution in [3.8, 4) is 5.75 Å². The molecule has 0 aliphatic rings. The summed E-state index contributed by atoms with van der Waals surface area (Å²) in [6.45, 7) is 3.57. The van der Waals surface area contributed by atoms with Crippen LogP contribution in [0.25, 0.3) is 0 Å². The minimum atomic E-state index is -0.495. The van der Waals surface area contributed by atoms with Gasteiger partial charge in [0.25, 0.3) is 0 Å². The molecule has 1 aromatic heterocycles. The van der Waals surface area contributed by atoms with E-state index < -0.39 is 5.97 Å².